The third kappa shape index (κ3) is 8.02. The maximum absolute atomic E-state index is 12.5. The van der Waals surface area contributed by atoms with Gasteiger partial charge in [-0.2, -0.15) is 0 Å². The SMILES string of the molecule is CO[C@@H]1O[C@H](CO)[C@@H](O[C@@H]2O[C@H](CO)[C@H](O)[C@H](O[C@]3(C(=O)O)C[C@H](O)[C@@H](O)[C@H]([C@H](O)[C@H](O)CN=[N+]=[N-])O3)[C@H]2O)[C@H](O)[C@H]1NC(C)=O. The van der Waals surface area contributed by atoms with Gasteiger partial charge < -0.3 is 84.8 Å². The largest absolute Gasteiger partial charge is 0.477 e. The number of nitrogens with one attached hydrogen (secondary N) is 1. The Morgan fingerprint density at radius 1 is 1.00 bits per heavy atom. The van der Waals surface area contributed by atoms with Crippen LogP contribution in [0.25, 0.3) is 10.4 Å². The van der Waals surface area contributed by atoms with Crippen LogP contribution in [-0.2, 0) is 38.0 Å². The number of carbonyl (C=O) groups is 2. The van der Waals surface area contributed by atoms with Gasteiger partial charge >= 0.3 is 5.97 Å². The monoisotopic (exact) mass is 672 g/mol. The number of carbonyl (C=O) groups excluding carboxylic acids is 1. The number of hydrogen-bond donors (Lipinski definition) is 11. The minimum Gasteiger partial charge on any atom is -0.477 e. The van der Waals surface area contributed by atoms with Crippen molar-refractivity contribution in [2.24, 2.45) is 5.11 Å². The normalized spacial score (nSPS) is 42.8. The third-order valence-electron chi connectivity index (χ3n) is 7.82. The fraction of sp³-hybridized carbons (Fsp3) is 0.917. The van der Waals surface area contributed by atoms with Crippen molar-refractivity contribution in [3.63, 3.8) is 0 Å². The van der Waals surface area contributed by atoms with E-state index in [0.717, 1.165) is 6.92 Å². The Balaban J connectivity index is 1.92. The van der Waals surface area contributed by atoms with Gasteiger partial charge in [0.15, 0.2) is 12.6 Å². The van der Waals surface area contributed by atoms with Crippen LogP contribution < -0.4 is 5.32 Å². The number of azide groups is 1. The van der Waals surface area contributed by atoms with E-state index in [1.165, 1.54) is 7.11 Å². The molecule has 3 saturated heterocycles. The smallest absolute Gasteiger partial charge is 0.364 e. The van der Waals surface area contributed by atoms with Crippen LogP contribution in [0.1, 0.15) is 13.3 Å². The van der Waals surface area contributed by atoms with Crippen LogP contribution in [0.5, 0.6) is 0 Å². The summed E-state index contributed by atoms with van der Waals surface area (Å²) in [6, 6.07) is -1.27. The lowest BCUT2D eigenvalue weighted by atomic mass is 9.90. The second kappa shape index (κ2) is 16.2. The van der Waals surface area contributed by atoms with Crippen molar-refractivity contribution in [2.45, 2.75) is 111 Å². The van der Waals surface area contributed by atoms with E-state index in [0.29, 0.717) is 0 Å². The summed E-state index contributed by atoms with van der Waals surface area (Å²) in [7, 11) is 1.21. The third-order valence-corrected chi connectivity index (χ3v) is 7.82. The number of ether oxygens (including phenoxy) is 6. The van der Waals surface area contributed by atoms with Crippen molar-refractivity contribution in [3.8, 4) is 0 Å². The van der Waals surface area contributed by atoms with Crippen LogP contribution in [0.3, 0.4) is 0 Å². The highest BCUT2D eigenvalue weighted by Crippen LogP contribution is 2.38. The number of carboxylic acids is 1. The molecule has 0 aromatic heterocycles. The van der Waals surface area contributed by atoms with Gasteiger partial charge in [-0.3, -0.25) is 4.79 Å². The molecule has 0 bridgehead atoms. The summed E-state index contributed by atoms with van der Waals surface area (Å²) in [6.07, 6.45) is -27.0. The maximum atomic E-state index is 12.5. The number of rotatable bonds is 13. The first kappa shape index (κ1) is 38.1. The van der Waals surface area contributed by atoms with Gasteiger partial charge in [-0.15, -0.1) is 0 Å². The number of aliphatic hydroxyl groups excluding tert-OH is 9. The van der Waals surface area contributed by atoms with Gasteiger partial charge in [-0.1, -0.05) is 5.11 Å². The molecule has 0 saturated carbocycles. The summed E-state index contributed by atoms with van der Waals surface area (Å²) in [5.41, 5.74) is 8.48. The number of hydrogen-bond acceptors (Lipinski definition) is 18. The first-order valence-corrected chi connectivity index (χ1v) is 14.0. The van der Waals surface area contributed by atoms with Crippen molar-refractivity contribution in [3.05, 3.63) is 10.4 Å². The molecule has 0 aromatic rings. The van der Waals surface area contributed by atoms with Crippen LogP contribution >= 0.6 is 0 Å². The Hall–Kier alpha value is -2.35. The number of aliphatic hydroxyl groups is 9. The summed E-state index contributed by atoms with van der Waals surface area (Å²) >= 11 is 0. The second-order valence-corrected chi connectivity index (χ2v) is 10.9. The van der Waals surface area contributed by atoms with Crippen molar-refractivity contribution >= 4 is 11.9 Å². The first-order valence-electron chi connectivity index (χ1n) is 14.0. The maximum Gasteiger partial charge on any atom is 0.364 e. The summed E-state index contributed by atoms with van der Waals surface area (Å²) in [6.45, 7) is -1.34. The van der Waals surface area contributed by atoms with Crippen molar-refractivity contribution in [1.29, 1.82) is 0 Å². The fourth-order valence-corrected chi connectivity index (χ4v) is 5.44. The zero-order valence-electron chi connectivity index (χ0n) is 24.6. The van der Waals surface area contributed by atoms with Gasteiger partial charge in [-0.25, -0.2) is 4.79 Å². The second-order valence-electron chi connectivity index (χ2n) is 10.9. The number of nitrogens with zero attached hydrogens (tertiary/aromatic N) is 3. The van der Waals surface area contributed by atoms with Crippen LogP contribution in [0.4, 0.5) is 0 Å². The lowest BCUT2D eigenvalue weighted by Crippen LogP contribution is -2.69. The highest BCUT2D eigenvalue weighted by Gasteiger charge is 2.59. The van der Waals surface area contributed by atoms with E-state index in [1.54, 1.807) is 0 Å². The summed E-state index contributed by atoms with van der Waals surface area (Å²) in [4.78, 5) is 26.7. The number of carboxylic acid groups (broad SMARTS) is 1. The minimum absolute atomic E-state index is 0.603. The Labute approximate surface area is 260 Å². The van der Waals surface area contributed by atoms with Crippen molar-refractivity contribution in [1.82, 2.24) is 5.32 Å². The highest BCUT2D eigenvalue weighted by atomic mass is 16.8. The lowest BCUT2D eigenvalue weighted by Gasteiger charge is -2.50. The molecule has 3 rings (SSSR count). The molecule has 264 valence electrons. The molecule has 46 heavy (non-hydrogen) atoms. The van der Waals surface area contributed by atoms with Gasteiger partial charge in [-0.05, 0) is 5.53 Å². The average molecular weight is 673 g/mol. The molecule has 0 radical (unpaired) electrons. The summed E-state index contributed by atoms with van der Waals surface area (Å²) in [5.74, 6) is -5.63. The molecule has 0 aliphatic carbocycles. The first-order chi connectivity index (χ1) is 21.7. The molecule has 1 amide bonds. The van der Waals surface area contributed by atoms with E-state index in [1.807, 2.05) is 0 Å². The molecule has 3 aliphatic heterocycles. The molecular formula is C24H40N4O18. The predicted octanol–water partition coefficient (Wildman–Crippen LogP) is -6.25. The molecule has 3 fully saturated rings. The molecule has 3 aliphatic rings. The van der Waals surface area contributed by atoms with E-state index in [9.17, 15) is 60.7 Å². The van der Waals surface area contributed by atoms with E-state index in [-0.39, 0.29) is 0 Å². The summed E-state index contributed by atoms with van der Waals surface area (Å²) in [5, 5.41) is 110. The van der Waals surface area contributed by atoms with Crippen LogP contribution in [-0.4, -0.2) is 187 Å². The van der Waals surface area contributed by atoms with Crippen LogP contribution in [0.15, 0.2) is 5.11 Å². The Bertz CT molecular complexity index is 1090. The van der Waals surface area contributed by atoms with Gasteiger partial charge in [0.1, 0.15) is 67.1 Å². The van der Waals surface area contributed by atoms with Gasteiger partial charge in [0.2, 0.25) is 5.91 Å². The fourth-order valence-electron chi connectivity index (χ4n) is 5.44. The zero-order valence-corrected chi connectivity index (χ0v) is 24.6. The van der Waals surface area contributed by atoms with Crippen molar-refractivity contribution in [2.75, 3.05) is 26.9 Å². The zero-order chi connectivity index (χ0) is 34.5. The van der Waals surface area contributed by atoms with Gasteiger partial charge in [0.25, 0.3) is 5.79 Å². The number of aliphatic carboxylic acids is 1. The topological polar surface area (TPSA) is 353 Å². The highest BCUT2D eigenvalue weighted by molar-refractivity contribution is 5.76. The number of methoxy groups -OCH3 is 1. The lowest BCUT2D eigenvalue weighted by molar-refractivity contribution is -0.386. The van der Waals surface area contributed by atoms with Gasteiger partial charge in [0.05, 0.1) is 32.0 Å². The molecule has 0 spiro atoms. The predicted molar refractivity (Wildman–Crippen MR) is 142 cm³/mol. The molecule has 0 aromatic carbocycles. The average Bonchev–Trinajstić information content (AvgIpc) is 3.02. The molecule has 0 unspecified atom stereocenters. The summed E-state index contributed by atoms with van der Waals surface area (Å²) < 4.78 is 32.8. The molecular weight excluding hydrogens is 632 g/mol. The van der Waals surface area contributed by atoms with Crippen molar-refractivity contribution < 1.29 is 89.1 Å². The van der Waals surface area contributed by atoms with E-state index in [2.05, 4.69) is 15.3 Å². The molecule has 22 heteroatoms. The molecule has 3 heterocycles. The van der Waals surface area contributed by atoms with E-state index >= 15 is 0 Å². The van der Waals surface area contributed by atoms with E-state index in [4.69, 9.17) is 34.0 Å². The van der Waals surface area contributed by atoms with E-state index < -0.39 is 136 Å². The Kier molecular flexibility index (Phi) is 13.4. The van der Waals surface area contributed by atoms with Crippen LogP contribution in [0.2, 0.25) is 0 Å². The molecule has 16 atom stereocenters. The minimum atomic E-state index is -3.04. The quantitative estimate of drug-likeness (QED) is 0.0492. The number of amides is 1. The van der Waals surface area contributed by atoms with Crippen LogP contribution in [0, 0.1) is 0 Å². The molecule has 11 N–H and O–H groups in total. The Morgan fingerprint density at radius 2 is 1.63 bits per heavy atom. The standard InChI is InChI=1S/C24H40N4O18/c1-7(31)27-12-16(37)18(11(6-30)43-21(12)41-2)44-22-17(38)20(15(36)10(5-29)42-22)46-24(23(39)40)3-8(32)13(34)19(45-24)14(35)9(33)4-26-28-25/h8-22,29-30,32-38H,3-6H2,1-2H3,(H,27,31)(H,39,40)/t8-,9+,10+,11+,12+,13+,14+,15-,16+,17+,18+,19+,20-,21+,22-,24-/m0/s1. The molecule has 22 nitrogen and oxygen atoms in total. The Morgan fingerprint density at radius 3 is 2.17 bits per heavy atom. The van der Waals surface area contributed by atoms with Gasteiger partial charge in [0, 0.05) is 25.4 Å².